The number of aromatic nitrogens is 6. The molecule has 0 radical (unpaired) electrons. The lowest BCUT2D eigenvalue weighted by atomic mass is 9.75. The van der Waals surface area contributed by atoms with Crippen molar-refractivity contribution in [3.05, 3.63) is 25.3 Å². The predicted molar refractivity (Wildman–Crippen MR) is 73.3 cm³/mol. The normalized spacial score (nSPS) is 22.5. The minimum Gasteiger partial charge on any atom is -0.208 e. The fourth-order valence-electron chi connectivity index (χ4n) is 2.49. The molecule has 1 aliphatic rings. The van der Waals surface area contributed by atoms with Gasteiger partial charge >= 0.3 is 0 Å². The molecule has 0 bridgehead atoms. The lowest BCUT2D eigenvalue weighted by molar-refractivity contribution is 0.387. The smallest absolute Gasteiger partial charge is 0.141 e. The van der Waals surface area contributed by atoms with Gasteiger partial charge in [-0.15, -0.1) is 20.4 Å². The van der Waals surface area contributed by atoms with Crippen LogP contribution in [0.2, 0.25) is 0 Å². The first-order valence-electron chi connectivity index (χ1n) is 6.43. The third-order valence-electron chi connectivity index (χ3n) is 3.10. The van der Waals surface area contributed by atoms with Crippen LogP contribution in [0, 0.1) is 5.41 Å². The Labute approximate surface area is 116 Å². The van der Waals surface area contributed by atoms with E-state index in [1.807, 2.05) is 0 Å². The Morgan fingerprint density at radius 1 is 0.850 bits per heavy atom. The molecule has 0 aliphatic heterocycles. The van der Waals surface area contributed by atoms with E-state index in [1.165, 1.54) is 0 Å². The molecule has 0 spiro atoms. The maximum atomic E-state index is 4.54. The standard InChI is InChI=1S/C12H16N8/c1-12(2)4-10(17-19-6-13-14-7-19)3-11(5-12)18-20-8-15-16-9-20/h6-9H,3-5H2,1-2H3. The van der Waals surface area contributed by atoms with Gasteiger partial charge in [-0.25, -0.2) is 9.35 Å². The van der Waals surface area contributed by atoms with Crippen LogP contribution in [0.15, 0.2) is 35.5 Å². The Balaban J connectivity index is 1.87. The van der Waals surface area contributed by atoms with E-state index in [-0.39, 0.29) is 5.41 Å². The van der Waals surface area contributed by atoms with Gasteiger partial charge < -0.3 is 0 Å². The molecule has 1 fully saturated rings. The van der Waals surface area contributed by atoms with Crippen molar-refractivity contribution in [1.29, 1.82) is 0 Å². The molecule has 1 aliphatic carbocycles. The monoisotopic (exact) mass is 272 g/mol. The van der Waals surface area contributed by atoms with Crippen molar-refractivity contribution in [3.63, 3.8) is 0 Å². The highest BCUT2D eigenvalue weighted by Gasteiger charge is 2.29. The van der Waals surface area contributed by atoms with Gasteiger partial charge in [0.05, 0.1) is 0 Å². The summed E-state index contributed by atoms with van der Waals surface area (Å²) in [6, 6.07) is 0. The van der Waals surface area contributed by atoms with E-state index in [2.05, 4.69) is 44.4 Å². The number of hydrogen-bond acceptors (Lipinski definition) is 6. The van der Waals surface area contributed by atoms with Gasteiger partial charge in [0.15, 0.2) is 0 Å². The van der Waals surface area contributed by atoms with Gasteiger partial charge in [-0.3, -0.25) is 0 Å². The Hall–Kier alpha value is -2.38. The quantitative estimate of drug-likeness (QED) is 0.821. The average molecular weight is 272 g/mol. The van der Waals surface area contributed by atoms with Crippen LogP contribution < -0.4 is 0 Å². The van der Waals surface area contributed by atoms with E-state index in [0.29, 0.717) is 0 Å². The molecule has 1 saturated carbocycles. The highest BCUT2D eigenvalue weighted by atomic mass is 15.4. The molecule has 2 heterocycles. The average Bonchev–Trinajstić information content (AvgIpc) is 3.00. The summed E-state index contributed by atoms with van der Waals surface area (Å²) in [7, 11) is 0. The van der Waals surface area contributed by atoms with E-state index < -0.39 is 0 Å². The molecule has 8 heteroatoms. The Kier molecular flexibility index (Phi) is 3.13. The predicted octanol–water partition coefficient (Wildman–Crippen LogP) is 1.19. The van der Waals surface area contributed by atoms with Gasteiger partial charge in [0.1, 0.15) is 25.3 Å². The van der Waals surface area contributed by atoms with Crippen LogP contribution in [0.1, 0.15) is 33.1 Å². The third-order valence-corrected chi connectivity index (χ3v) is 3.10. The Morgan fingerprint density at radius 3 is 1.65 bits per heavy atom. The summed E-state index contributed by atoms with van der Waals surface area (Å²) in [5.74, 6) is 0. The second-order valence-corrected chi connectivity index (χ2v) is 5.71. The molecular formula is C12H16N8. The summed E-state index contributed by atoms with van der Waals surface area (Å²) in [4.78, 5) is 0. The van der Waals surface area contributed by atoms with Crippen molar-refractivity contribution < 1.29 is 0 Å². The fraction of sp³-hybridized carbons (Fsp3) is 0.500. The molecule has 20 heavy (non-hydrogen) atoms. The zero-order valence-electron chi connectivity index (χ0n) is 11.5. The van der Waals surface area contributed by atoms with Gasteiger partial charge in [-0.1, -0.05) is 13.8 Å². The van der Waals surface area contributed by atoms with Gasteiger partial charge in [0, 0.05) is 17.8 Å². The topological polar surface area (TPSA) is 86.1 Å². The van der Waals surface area contributed by atoms with Crippen LogP contribution in [0.5, 0.6) is 0 Å². The second kappa shape index (κ2) is 4.95. The van der Waals surface area contributed by atoms with Crippen molar-refractivity contribution >= 4 is 11.4 Å². The molecule has 3 rings (SSSR count). The van der Waals surface area contributed by atoms with Crippen molar-refractivity contribution in [3.8, 4) is 0 Å². The molecule has 0 unspecified atom stereocenters. The van der Waals surface area contributed by atoms with Crippen LogP contribution >= 0.6 is 0 Å². The number of nitrogens with zero attached hydrogens (tertiary/aromatic N) is 8. The summed E-state index contributed by atoms with van der Waals surface area (Å²) < 4.78 is 3.26. The van der Waals surface area contributed by atoms with Gasteiger partial charge in [0.25, 0.3) is 0 Å². The molecule has 104 valence electrons. The van der Waals surface area contributed by atoms with Crippen molar-refractivity contribution in [1.82, 2.24) is 29.7 Å². The highest BCUT2D eigenvalue weighted by molar-refractivity contribution is 6.07. The molecule has 2 aromatic rings. The van der Waals surface area contributed by atoms with E-state index in [0.717, 1.165) is 30.7 Å². The largest absolute Gasteiger partial charge is 0.208 e. The van der Waals surface area contributed by atoms with Crippen LogP contribution in [0.4, 0.5) is 0 Å². The lowest BCUT2D eigenvalue weighted by Gasteiger charge is -2.31. The van der Waals surface area contributed by atoms with Crippen LogP contribution in [-0.4, -0.2) is 41.2 Å². The molecular weight excluding hydrogens is 256 g/mol. The summed E-state index contributed by atoms with van der Waals surface area (Å²) in [6.45, 7) is 4.44. The first-order chi connectivity index (χ1) is 9.61. The van der Waals surface area contributed by atoms with E-state index in [1.54, 1.807) is 34.7 Å². The van der Waals surface area contributed by atoms with Crippen molar-refractivity contribution in [2.75, 3.05) is 0 Å². The second-order valence-electron chi connectivity index (χ2n) is 5.71. The molecule has 0 saturated heterocycles. The zero-order valence-corrected chi connectivity index (χ0v) is 11.5. The van der Waals surface area contributed by atoms with E-state index >= 15 is 0 Å². The van der Waals surface area contributed by atoms with Crippen LogP contribution in [0.25, 0.3) is 0 Å². The van der Waals surface area contributed by atoms with Gasteiger partial charge in [0.2, 0.25) is 0 Å². The maximum absolute atomic E-state index is 4.54. The zero-order chi connectivity index (χ0) is 14.0. The maximum Gasteiger partial charge on any atom is 0.141 e. The first kappa shape index (κ1) is 12.6. The molecule has 2 aromatic heterocycles. The lowest BCUT2D eigenvalue weighted by Crippen LogP contribution is -2.30. The molecule has 0 atom stereocenters. The van der Waals surface area contributed by atoms with E-state index in [4.69, 9.17) is 0 Å². The summed E-state index contributed by atoms with van der Waals surface area (Å²) in [5.41, 5.74) is 2.29. The Bertz CT molecular complexity index is 566. The summed E-state index contributed by atoms with van der Waals surface area (Å²) in [5, 5.41) is 24.1. The fourth-order valence-corrected chi connectivity index (χ4v) is 2.49. The molecule has 0 N–H and O–H groups in total. The number of rotatable bonds is 2. The van der Waals surface area contributed by atoms with Crippen LogP contribution in [-0.2, 0) is 0 Å². The summed E-state index contributed by atoms with van der Waals surface area (Å²) in [6.07, 6.45) is 8.98. The Morgan fingerprint density at radius 2 is 1.25 bits per heavy atom. The minimum absolute atomic E-state index is 0.137. The van der Waals surface area contributed by atoms with E-state index in [9.17, 15) is 0 Å². The first-order valence-corrected chi connectivity index (χ1v) is 6.43. The third kappa shape index (κ3) is 2.95. The molecule has 0 amide bonds. The molecule has 8 nitrogen and oxygen atoms in total. The van der Waals surface area contributed by atoms with Crippen molar-refractivity contribution in [2.24, 2.45) is 15.6 Å². The summed E-state index contributed by atoms with van der Waals surface area (Å²) >= 11 is 0. The SMILES string of the molecule is CC1(C)CC(=Nn2cnnc2)CC(=Nn2cnnc2)C1. The van der Waals surface area contributed by atoms with Gasteiger partial charge in [-0.05, 0) is 18.3 Å². The van der Waals surface area contributed by atoms with Crippen LogP contribution in [0.3, 0.4) is 0 Å². The molecule has 0 aromatic carbocycles. The van der Waals surface area contributed by atoms with Gasteiger partial charge in [-0.2, -0.15) is 10.2 Å². The minimum atomic E-state index is 0.137. The highest BCUT2D eigenvalue weighted by Crippen LogP contribution is 2.32. The van der Waals surface area contributed by atoms with Crippen molar-refractivity contribution in [2.45, 2.75) is 33.1 Å². The number of hydrogen-bond donors (Lipinski definition) is 0.